The highest BCUT2D eigenvalue weighted by Crippen LogP contribution is 2.31. The van der Waals surface area contributed by atoms with E-state index in [4.69, 9.17) is 10.5 Å². The Bertz CT molecular complexity index is 574. The van der Waals surface area contributed by atoms with Gasteiger partial charge in [-0.3, -0.25) is 0 Å². The maximum atomic E-state index is 12.1. The van der Waals surface area contributed by atoms with E-state index >= 15 is 0 Å². The van der Waals surface area contributed by atoms with Gasteiger partial charge in [0.1, 0.15) is 12.4 Å². The molecular weight excluding hydrogens is 288 g/mol. The molecule has 1 saturated carbocycles. The van der Waals surface area contributed by atoms with Gasteiger partial charge >= 0.3 is 0 Å². The minimum Gasteiger partial charge on any atom is -0.490 e. The molecule has 3 atom stereocenters. The van der Waals surface area contributed by atoms with E-state index in [-0.39, 0.29) is 18.4 Å². The van der Waals surface area contributed by atoms with Crippen molar-refractivity contribution in [2.45, 2.75) is 32.7 Å². The lowest BCUT2D eigenvalue weighted by atomic mass is 9.98. The summed E-state index contributed by atoms with van der Waals surface area (Å²) < 4.78 is 32.4. The van der Waals surface area contributed by atoms with Crippen LogP contribution in [0.1, 0.15) is 26.7 Å². The van der Waals surface area contributed by atoms with Crippen molar-refractivity contribution in [1.82, 2.24) is 4.72 Å². The zero-order valence-corrected chi connectivity index (χ0v) is 13.4. The van der Waals surface area contributed by atoms with Crippen molar-refractivity contribution in [2.24, 2.45) is 11.8 Å². The lowest BCUT2D eigenvalue weighted by Gasteiger charge is -2.19. The van der Waals surface area contributed by atoms with Crippen LogP contribution in [0.4, 0.5) is 5.69 Å². The van der Waals surface area contributed by atoms with Gasteiger partial charge in [0.15, 0.2) is 0 Å². The number of para-hydroxylation sites is 2. The molecule has 3 N–H and O–H groups in total. The van der Waals surface area contributed by atoms with Crippen molar-refractivity contribution in [2.75, 3.05) is 18.1 Å². The van der Waals surface area contributed by atoms with Crippen molar-refractivity contribution in [3.63, 3.8) is 0 Å². The Hall–Kier alpha value is -1.27. The molecule has 0 aromatic heterocycles. The first kappa shape index (κ1) is 16.1. The molecule has 0 bridgehead atoms. The minimum atomic E-state index is -3.32. The number of nitrogens with one attached hydrogen (secondary N) is 1. The summed E-state index contributed by atoms with van der Waals surface area (Å²) in [5.41, 5.74) is 6.26. The third kappa shape index (κ3) is 4.35. The molecule has 0 radical (unpaired) electrons. The molecular formula is C15H24N2O3S. The van der Waals surface area contributed by atoms with Crippen molar-refractivity contribution in [3.8, 4) is 5.75 Å². The molecule has 0 heterocycles. The van der Waals surface area contributed by atoms with E-state index in [1.54, 1.807) is 18.2 Å². The Labute approximate surface area is 126 Å². The molecule has 0 amide bonds. The number of hydrogen-bond donors (Lipinski definition) is 2. The molecule has 1 aliphatic rings. The highest BCUT2D eigenvalue weighted by Gasteiger charge is 2.32. The second-order valence-electron chi connectivity index (χ2n) is 5.84. The van der Waals surface area contributed by atoms with Crippen LogP contribution in [0.3, 0.4) is 0 Å². The van der Waals surface area contributed by atoms with E-state index < -0.39 is 10.0 Å². The second kappa shape index (κ2) is 6.66. The van der Waals surface area contributed by atoms with E-state index in [9.17, 15) is 8.42 Å². The molecule has 1 aliphatic carbocycles. The molecule has 6 heteroatoms. The van der Waals surface area contributed by atoms with Gasteiger partial charge in [-0.05, 0) is 36.8 Å². The average Bonchev–Trinajstić information content (AvgIpc) is 2.72. The number of hydrogen-bond acceptors (Lipinski definition) is 4. The van der Waals surface area contributed by atoms with Gasteiger partial charge in [0.05, 0.1) is 11.4 Å². The smallest absolute Gasteiger partial charge is 0.215 e. The van der Waals surface area contributed by atoms with E-state index in [1.807, 2.05) is 6.07 Å². The predicted molar refractivity (Wildman–Crippen MR) is 84.6 cm³/mol. The molecule has 3 unspecified atom stereocenters. The number of sulfonamides is 1. The number of ether oxygens (including phenoxy) is 1. The third-order valence-corrected chi connectivity index (χ3v) is 5.69. The van der Waals surface area contributed by atoms with Crippen LogP contribution in [0.15, 0.2) is 24.3 Å². The average molecular weight is 312 g/mol. The largest absolute Gasteiger partial charge is 0.490 e. The Kier molecular flexibility index (Phi) is 5.11. The van der Waals surface area contributed by atoms with Gasteiger partial charge in [0, 0.05) is 6.04 Å². The normalized spacial score (nSPS) is 25.9. The minimum absolute atomic E-state index is 0.0480. The maximum Gasteiger partial charge on any atom is 0.215 e. The topological polar surface area (TPSA) is 81.4 Å². The summed E-state index contributed by atoms with van der Waals surface area (Å²) in [5.74, 6) is 1.41. The highest BCUT2D eigenvalue weighted by atomic mass is 32.2. The molecule has 5 nitrogen and oxygen atoms in total. The van der Waals surface area contributed by atoms with Crippen LogP contribution in [0.2, 0.25) is 0 Å². The van der Waals surface area contributed by atoms with Crippen LogP contribution in [0.5, 0.6) is 5.75 Å². The first-order valence-electron chi connectivity index (χ1n) is 7.36. The molecule has 2 rings (SSSR count). The van der Waals surface area contributed by atoms with Crippen LogP contribution in [0.25, 0.3) is 0 Å². The summed E-state index contributed by atoms with van der Waals surface area (Å²) in [5, 5.41) is 0. The fourth-order valence-corrected chi connectivity index (χ4v) is 3.91. The van der Waals surface area contributed by atoms with Crippen LogP contribution in [-0.4, -0.2) is 26.8 Å². The Morgan fingerprint density at radius 2 is 2.00 bits per heavy atom. The van der Waals surface area contributed by atoms with Gasteiger partial charge in [-0.2, -0.15) is 0 Å². The van der Waals surface area contributed by atoms with Crippen molar-refractivity contribution in [1.29, 1.82) is 0 Å². The van der Waals surface area contributed by atoms with E-state index in [2.05, 4.69) is 18.6 Å². The number of nitrogens with two attached hydrogens (primary N) is 1. The number of nitrogen functional groups attached to an aromatic ring is 1. The lowest BCUT2D eigenvalue weighted by Crippen LogP contribution is -2.39. The standard InChI is InChI=1S/C15H24N2O3S/c1-11-7-8-14(12(11)2)17-21(18,19)10-9-20-15-6-4-3-5-13(15)16/h3-6,11-12,14,17H,7-10,16H2,1-2H3. The van der Waals surface area contributed by atoms with Crippen LogP contribution < -0.4 is 15.2 Å². The van der Waals surface area contributed by atoms with Crippen molar-refractivity contribution in [3.05, 3.63) is 24.3 Å². The van der Waals surface area contributed by atoms with Crippen molar-refractivity contribution < 1.29 is 13.2 Å². The molecule has 0 spiro atoms. The molecule has 21 heavy (non-hydrogen) atoms. The zero-order valence-electron chi connectivity index (χ0n) is 12.6. The molecule has 1 aromatic rings. The van der Waals surface area contributed by atoms with E-state index in [1.165, 1.54) is 0 Å². The van der Waals surface area contributed by atoms with Gasteiger partial charge in [-0.15, -0.1) is 0 Å². The number of rotatable bonds is 6. The summed E-state index contributed by atoms with van der Waals surface area (Å²) in [6.45, 7) is 4.37. The fourth-order valence-electron chi connectivity index (χ4n) is 2.69. The van der Waals surface area contributed by atoms with Crippen molar-refractivity contribution >= 4 is 15.7 Å². The van der Waals surface area contributed by atoms with Crippen LogP contribution in [0, 0.1) is 11.8 Å². The summed E-state index contributed by atoms with van der Waals surface area (Å²) in [7, 11) is -3.32. The highest BCUT2D eigenvalue weighted by molar-refractivity contribution is 7.89. The maximum absolute atomic E-state index is 12.1. The third-order valence-electron chi connectivity index (χ3n) is 4.32. The van der Waals surface area contributed by atoms with Gasteiger partial charge in [0.2, 0.25) is 10.0 Å². The number of benzene rings is 1. The van der Waals surface area contributed by atoms with Crippen LogP contribution in [-0.2, 0) is 10.0 Å². The van der Waals surface area contributed by atoms with Gasteiger partial charge in [0.25, 0.3) is 0 Å². The fraction of sp³-hybridized carbons (Fsp3) is 0.600. The Morgan fingerprint density at radius 1 is 1.29 bits per heavy atom. The SMILES string of the molecule is CC1CCC(NS(=O)(=O)CCOc2ccccc2N)C1C. The molecule has 0 aliphatic heterocycles. The summed E-state index contributed by atoms with van der Waals surface area (Å²) in [6.07, 6.45) is 1.99. The second-order valence-corrected chi connectivity index (χ2v) is 7.72. The summed E-state index contributed by atoms with van der Waals surface area (Å²) in [6, 6.07) is 7.12. The molecule has 0 saturated heterocycles. The quantitative estimate of drug-likeness (QED) is 0.787. The molecule has 1 aromatic carbocycles. The summed E-state index contributed by atoms with van der Waals surface area (Å²) >= 11 is 0. The Balaban J connectivity index is 1.83. The van der Waals surface area contributed by atoms with E-state index in [0.717, 1.165) is 12.8 Å². The van der Waals surface area contributed by atoms with Gasteiger partial charge in [-0.1, -0.05) is 26.0 Å². The van der Waals surface area contributed by atoms with E-state index in [0.29, 0.717) is 23.3 Å². The lowest BCUT2D eigenvalue weighted by molar-refractivity contribution is 0.340. The van der Waals surface area contributed by atoms with Gasteiger partial charge in [-0.25, -0.2) is 13.1 Å². The first-order valence-corrected chi connectivity index (χ1v) is 9.01. The zero-order chi connectivity index (χ0) is 15.5. The Morgan fingerprint density at radius 3 is 2.62 bits per heavy atom. The first-order chi connectivity index (χ1) is 9.89. The van der Waals surface area contributed by atoms with Gasteiger partial charge < -0.3 is 10.5 Å². The monoisotopic (exact) mass is 312 g/mol. The molecule has 118 valence electrons. The van der Waals surface area contributed by atoms with Crippen LogP contribution >= 0.6 is 0 Å². The predicted octanol–water partition coefficient (Wildman–Crippen LogP) is 2.00. The number of anilines is 1. The molecule has 1 fully saturated rings. The summed E-state index contributed by atoms with van der Waals surface area (Å²) in [4.78, 5) is 0.